The lowest BCUT2D eigenvalue weighted by Gasteiger charge is -2.47. The summed E-state index contributed by atoms with van der Waals surface area (Å²) in [6, 6.07) is 12.8. The molecule has 0 saturated carbocycles. The molecule has 142 valence electrons. The van der Waals surface area contributed by atoms with Gasteiger partial charge in [-0.1, -0.05) is 30.3 Å². The van der Waals surface area contributed by atoms with Crippen molar-refractivity contribution in [2.24, 2.45) is 0 Å². The van der Waals surface area contributed by atoms with E-state index in [4.69, 9.17) is 4.74 Å². The highest BCUT2D eigenvalue weighted by molar-refractivity contribution is 5.72. The Morgan fingerprint density at radius 1 is 1.26 bits per heavy atom. The number of ether oxygens (including phenoxy) is 1. The molecule has 5 nitrogen and oxygen atoms in total. The number of pyridine rings is 1. The van der Waals surface area contributed by atoms with E-state index >= 15 is 0 Å². The summed E-state index contributed by atoms with van der Waals surface area (Å²) in [6.45, 7) is 5.06. The summed E-state index contributed by atoms with van der Waals surface area (Å²) in [6.07, 6.45) is 6.60. The number of nitrogens with zero attached hydrogens (tertiary/aromatic N) is 2. The molecule has 1 N–H and O–H groups in total. The molecule has 1 saturated heterocycles. The van der Waals surface area contributed by atoms with Crippen molar-refractivity contribution < 1.29 is 9.53 Å². The first kappa shape index (κ1) is 18.1. The van der Waals surface area contributed by atoms with Crippen molar-refractivity contribution in [3.63, 3.8) is 0 Å². The van der Waals surface area contributed by atoms with Crippen LogP contribution in [0.25, 0.3) is 0 Å². The highest BCUT2D eigenvalue weighted by Crippen LogP contribution is 2.43. The second-order valence-electron chi connectivity index (χ2n) is 7.67. The van der Waals surface area contributed by atoms with Crippen molar-refractivity contribution in [3.05, 3.63) is 65.5 Å². The fraction of sp³-hybridized carbons (Fsp3) is 0.455. The largest absolute Gasteiger partial charge is 0.365 e. The van der Waals surface area contributed by atoms with Gasteiger partial charge in [0, 0.05) is 51.9 Å². The first-order chi connectivity index (χ1) is 13.1. The Hall–Kier alpha value is -2.24. The number of likely N-dealkylation sites (tertiary alicyclic amines) is 1. The lowest BCUT2D eigenvalue weighted by atomic mass is 9.78. The molecule has 1 atom stereocenters. The van der Waals surface area contributed by atoms with E-state index in [-0.39, 0.29) is 17.6 Å². The van der Waals surface area contributed by atoms with Gasteiger partial charge < -0.3 is 10.1 Å². The third kappa shape index (κ3) is 4.04. The number of rotatable bonds is 4. The SMILES string of the molecule is CC(=O)NCC1Cc2ccccc2C2(CCN(Cc3cccnc3)CC2)O1. The molecular formula is C22H27N3O2. The molecule has 2 aromatic rings. The third-order valence-electron chi connectivity index (χ3n) is 5.72. The van der Waals surface area contributed by atoms with Crippen molar-refractivity contribution in [3.8, 4) is 0 Å². The van der Waals surface area contributed by atoms with Crippen molar-refractivity contribution >= 4 is 5.91 Å². The van der Waals surface area contributed by atoms with E-state index in [1.165, 1.54) is 16.7 Å². The van der Waals surface area contributed by atoms with Crippen LogP contribution in [0.1, 0.15) is 36.5 Å². The van der Waals surface area contributed by atoms with Gasteiger partial charge in [-0.15, -0.1) is 0 Å². The van der Waals surface area contributed by atoms with Crippen LogP contribution in [0.15, 0.2) is 48.8 Å². The Balaban J connectivity index is 1.48. The zero-order chi connectivity index (χ0) is 18.7. The van der Waals surface area contributed by atoms with Crippen LogP contribution in [0.3, 0.4) is 0 Å². The van der Waals surface area contributed by atoms with Gasteiger partial charge in [-0.2, -0.15) is 0 Å². The minimum Gasteiger partial charge on any atom is -0.365 e. The molecule has 1 spiro atoms. The first-order valence-corrected chi connectivity index (χ1v) is 9.76. The maximum Gasteiger partial charge on any atom is 0.216 e. The standard InChI is InChI=1S/C22H27N3O2/c1-17(26)24-15-20-13-19-6-2-3-7-21(19)22(27-20)8-11-25(12-9-22)16-18-5-4-10-23-14-18/h2-7,10,14,20H,8-9,11-13,15-16H2,1H3,(H,24,26). The third-order valence-corrected chi connectivity index (χ3v) is 5.72. The smallest absolute Gasteiger partial charge is 0.216 e. The van der Waals surface area contributed by atoms with Gasteiger partial charge in [0.1, 0.15) is 0 Å². The molecule has 27 heavy (non-hydrogen) atoms. The molecular weight excluding hydrogens is 338 g/mol. The number of fused-ring (bicyclic) bond motifs is 2. The van der Waals surface area contributed by atoms with Gasteiger partial charge in [0.05, 0.1) is 11.7 Å². The van der Waals surface area contributed by atoms with Crippen LogP contribution < -0.4 is 5.32 Å². The molecule has 1 amide bonds. The number of hydrogen-bond donors (Lipinski definition) is 1. The number of amides is 1. The Bertz CT molecular complexity index is 785. The maximum atomic E-state index is 11.3. The molecule has 0 bridgehead atoms. The summed E-state index contributed by atoms with van der Waals surface area (Å²) in [7, 11) is 0. The normalized spacial score (nSPS) is 21.6. The topological polar surface area (TPSA) is 54.5 Å². The average molecular weight is 365 g/mol. The minimum atomic E-state index is -0.233. The van der Waals surface area contributed by atoms with Crippen LogP contribution in [0, 0.1) is 0 Å². The van der Waals surface area contributed by atoms with E-state index in [1.54, 1.807) is 6.92 Å². The summed E-state index contributed by atoms with van der Waals surface area (Å²) < 4.78 is 6.64. The van der Waals surface area contributed by atoms with Crippen LogP contribution in [-0.2, 0) is 28.1 Å². The molecule has 2 aliphatic rings. The number of nitrogens with one attached hydrogen (secondary N) is 1. The van der Waals surface area contributed by atoms with Gasteiger partial charge in [0.2, 0.25) is 5.91 Å². The van der Waals surface area contributed by atoms with Crippen molar-refractivity contribution in [1.29, 1.82) is 0 Å². The predicted molar refractivity (Wildman–Crippen MR) is 104 cm³/mol. The lowest BCUT2D eigenvalue weighted by Crippen LogP contribution is -2.50. The summed E-state index contributed by atoms with van der Waals surface area (Å²) in [5, 5.41) is 2.93. The molecule has 1 fully saturated rings. The molecule has 2 aliphatic heterocycles. The number of carbonyl (C=O) groups is 1. The summed E-state index contributed by atoms with van der Waals surface area (Å²) in [5.74, 6) is -0.00204. The molecule has 5 heteroatoms. The zero-order valence-electron chi connectivity index (χ0n) is 15.9. The average Bonchev–Trinajstić information content (AvgIpc) is 2.69. The molecule has 0 radical (unpaired) electrons. The van der Waals surface area contributed by atoms with Crippen LogP contribution in [-0.4, -0.2) is 41.5 Å². The van der Waals surface area contributed by atoms with E-state index in [0.29, 0.717) is 6.54 Å². The van der Waals surface area contributed by atoms with Crippen LogP contribution in [0.2, 0.25) is 0 Å². The molecule has 0 aliphatic carbocycles. The molecule has 4 rings (SSSR count). The highest BCUT2D eigenvalue weighted by atomic mass is 16.5. The quantitative estimate of drug-likeness (QED) is 0.905. The lowest BCUT2D eigenvalue weighted by molar-refractivity contribution is -0.142. The van der Waals surface area contributed by atoms with E-state index in [0.717, 1.165) is 38.9 Å². The van der Waals surface area contributed by atoms with E-state index in [9.17, 15) is 4.79 Å². The second kappa shape index (κ2) is 7.79. The van der Waals surface area contributed by atoms with E-state index < -0.39 is 0 Å². The van der Waals surface area contributed by atoms with Gasteiger partial charge >= 0.3 is 0 Å². The van der Waals surface area contributed by atoms with E-state index in [2.05, 4.69) is 45.5 Å². The summed E-state index contributed by atoms with van der Waals surface area (Å²) in [4.78, 5) is 18.0. The number of piperidine rings is 1. The Labute approximate surface area is 160 Å². The Kier molecular flexibility index (Phi) is 5.23. The number of benzene rings is 1. The van der Waals surface area contributed by atoms with Crippen molar-refractivity contribution in [2.45, 2.75) is 44.4 Å². The predicted octanol–water partition coefficient (Wildman–Crippen LogP) is 2.65. The van der Waals surface area contributed by atoms with Gasteiger partial charge in [0.15, 0.2) is 0 Å². The van der Waals surface area contributed by atoms with Gasteiger partial charge in [-0.05, 0) is 35.6 Å². The molecule has 3 heterocycles. The number of carbonyl (C=O) groups excluding carboxylic acids is 1. The Morgan fingerprint density at radius 3 is 2.81 bits per heavy atom. The van der Waals surface area contributed by atoms with Crippen molar-refractivity contribution in [1.82, 2.24) is 15.2 Å². The summed E-state index contributed by atoms with van der Waals surface area (Å²) in [5.41, 5.74) is 3.72. The summed E-state index contributed by atoms with van der Waals surface area (Å²) >= 11 is 0. The van der Waals surface area contributed by atoms with E-state index in [1.807, 2.05) is 18.5 Å². The second-order valence-corrected chi connectivity index (χ2v) is 7.67. The zero-order valence-corrected chi connectivity index (χ0v) is 15.9. The molecule has 1 aromatic heterocycles. The van der Waals surface area contributed by atoms with Crippen LogP contribution in [0.4, 0.5) is 0 Å². The van der Waals surface area contributed by atoms with Gasteiger partial charge in [-0.25, -0.2) is 0 Å². The molecule has 1 unspecified atom stereocenters. The Morgan fingerprint density at radius 2 is 2.07 bits per heavy atom. The van der Waals surface area contributed by atoms with Gasteiger partial charge in [-0.3, -0.25) is 14.7 Å². The van der Waals surface area contributed by atoms with Crippen molar-refractivity contribution in [2.75, 3.05) is 19.6 Å². The van der Waals surface area contributed by atoms with Crippen LogP contribution in [0.5, 0.6) is 0 Å². The number of hydrogen-bond acceptors (Lipinski definition) is 4. The maximum absolute atomic E-state index is 11.3. The monoisotopic (exact) mass is 365 g/mol. The van der Waals surface area contributed by atoms with Crippen LogP contribution >= 0.6 is 0 Å². The number of aromatic nitrogens is 1. The minimum absolute atomic E-state index is 0.00204. The fourth-order valence-electron chi connectivity index (χ4n) is 4.39. The fourth-order valence-corrected chi connectivity index (χ4v) is 4.39. The first-order valence-electron chi connectivity index (χ1n) is 9.76. The molecule has 1 aromatic carbocycles. The highest BCUT2D eigenvalue weighted by Gasteiger charge is 2.43. The van der Waals surface area contributed by atoms with Gasteiger partial charge in [0.25, 0.3) is 0 Å².